The normalized spacial score (nSPS) is 19.0. The van der Waals surface area contributed by atoms with E-state index in [1.165, 1.54) is 0 Å². The van der Waals surface area contributed by atoms with Crippen LogP contribution in [-0.4, -0.2) is 60.5 Å². The molecular weight excluding hydrogens is 348 g/mol. The van der Waals surface area contributed by atoms with Gasteiger partial charge in [0.2, 0.25) is 0 Å². The summed E-state index contributed by atoms with van der Waals surface area (Å²) in [6.07, 6.45) is 1.30. The molecule has 7 heteroatoms. The lowest BCUT2D eigenvalue weighted by molar-refractivity contribution is -0.188. The Morgan fingerprint density at radius 3 is 2.59 bits per heavy atom. The Labute approximate surface area is 157 Å². The fourth-order valence-corrected chi connectivity index (χ4v) is 3.77. The van der Waals surface area contributed by atoms with Gasteiger partial charge in [-0.25, -0.2) is 4.79 Å². The zero-order valence-corrected chi connectivity index (χ0v) is 15.7. The average Bonchev–Trinajstić information content (AvgIpc) is 3.24. The highest BCUT2D eigenvalue weighted by molar-refractivity contribution is 5.96. The van der Waals surface area contributed by atoms with Gasteiger partial charge in [-0.1, -0.05) is 0 Å². The maximum Gasteiger partial charge on any atom is 0.338 e. The molecule has 1 N–H and O–H groups in total. The maximum atomic E-state index is 12.4. The molecule has 1 aromatic heterocycles. The number of ether oxygens (including phenoxy) is 3. The third kappa shape index (κ3) is 3.44. The van der Waals surface area contributed by atoms with Crippen molar-refractivity contribution in [2.75, 3.05) is 32.9 Å². The van der Waals surface area contributed by atoms with Crippen molar-refractivity contribution in [1.29, 1.82) is 0 Å². The SMILES string of the molecule is Cc1[nH]c2ccc(C(=O)OCC(=O)N3CCC4(CC3)OCCO4)cc2c1C. The van der Waals surface area contributed by atoms with Gasteiger partial charge in [0.1, 0.15) is 0 Å². The van der Waals surface area contributed by atoms with Crippen molar-refractivity contribution < 1.29 is 23.8 Å². The van der Waals surface area contributed by atoms with Crippen LogP contribution in [-0.2, 0) is 19.0 Å². The number of carbonyl (C=O) groups excluding carboxylic acids is 2. The molecule has 0 bridgehead atoms. The topological polar surface area (TPSA) is 80.9 Å². The highest BCUT2D eigenvalue weighted by atomic mass is 16.7. The second-order valence-electron chi connectivity index (χ2n) is 7.20. The Kier molecular flexibility index (Phi) is 4.65. The van der Waals surface area contributed by atoms with E-state index < -0.39 is 11.8 Å². The van der Waals surface area contributed by atoms with E-state index >= 15 is 0 Å². The summed E-state index contributed by atoms with van der Waals surface area (Å²) in [5.74, 6) is -1.19. The number of likely N-dealkylation sites (tertiary alicyclic amines) is 1. The van der Waals surface area contributed by atoms with E-state index in [1.807, 2.05) is 19.9 Å². The Balaban J connectivity index is 1.34. The number of aryl methyl sites for hydroxylation is 2. The summed E-state index contributed by atoms with van der Waals surface area (Å²) in [6, 6.07) is 5.38. The van der Waals surface area contributed by atoms with Crippen LogP contribution in [0.2, 0.25) is 0 Å². The highest BCUT2D eigenvalue weighted by Crippen LogP contribution is 2.31. The van der Waals surface area contributed by atoms with Crippen molar-refractivity contribution in [1.82, 2.24) is 9.88 Å². The predicted octanol–water partition coefficient (Wildman–Crippen LogP) is 2.31. The number of esters is 1. The van der Waals surface area contributed by atoms with Crippen molar-refractivity contribution in [2.24, 2.45) is 0 Å². The van der Waals surface area contributed by atoms with E-state index in [2.05, 4.69) is 4.98 Å². The van der Waals surface area contributed by atoms with Gasteiger partial charge in [0, 0.05) is 42.5 Å². The number of aromatic nitrogens is 1. The van der Waals surface area contributed by atoms with Gasteiger partial charge in [-0.15, -0.1) is 0 Å². The van der Waals surface area contributed by atoms with Crippen LogP contribution in [0.25, 0.3) is 10.9 Å². The van der Waals surface area contributed by atoms with Gasteiger partial charge in [-0.3, -0.25) is 4.79 Å². The summed E-state index contributed by atoms with van der Waals surface area (Å²) in [7, 11) is 0. The van der Waals surface area contributed by atoms with E-state index in [-0.39, 0.29) is 12.5 Å². The van der Waals surface area contributed by atoms with Crippen molar-refractivity contribution in [3.63, 3.8) is 0 Å². The number of piperidine rings is 1. The number of rotatable bonds is 3. The predicted molar refractivity (Wildman–Crippen MR) is 98.5 cm³/mol. The quantitative estimate of drug-likeness (QED) is 0.837. The Bertz CT molecular complexity index is 872. The number of carbonyl (C=O) groups is 2. The summed E-state index contributed by atoms with van der Waals surface area (Å²) in [4.78, 5) is 29.7. The summed E-state index contributed by atoms with van der Waals surface area (Å²) < 4.78 is 16.6. The molecule has 1 amide bonds. The zero-order valence-electron chi connectivity index (χ0n) is 15.7. The number of nitrogens with zero attached hydrogens (tertiary/aromatic N) is 1. The molecule has 0 saturated carbocycles. The molecule has 0 atom stereocenters. The number of benzene rings is 1. The van der Waals surface area contributed by atoms with Gasteiger partial charge < -0.3 is 24.1 Å². The third-order valence-corrected chi connectivity index (χ3v) is 5.56. The summed E-state index contributed by atoms with van der Waals surface area (Å²) >= 11 is 0. The maximum absolute atomic E-state index is 12.4. The number of H-pyrrole nitrogens is 1. The van der Waals surface area contributed by atoms with E-state index in [9.17, 15) is 9.59 Å². The summed E-state index contributed by atoms with van der Waals surface area (Å²) in [5, 5.41) is 0.992. The molecule has 1 spiro atoms. The lowest BCUT2D eigenvalue weighted by atomic mass is 10.0. The van der Waals surface area contributed by atoms with E-state index in [0.29, 0.717) is 44.7 Å². The summed E-state index contributed by atoms with van der Waals surface area (Å²) in [6.45, 7) is 6.06. The number of amides is 1. The number of nitrogens with one attached hydrogen (secondary N) is 1. The highest BCUT2D eigenvalue weighted by Gasteiger charge is 2.40. The van der Waals surface area contributed by atoms with Crippen LogP contribution in [0.3, 0.4) is 0 Å². The van der Waals surface area contributed by atoms with Crippen molar-refractivity contribution in [2.45, 2.75) is 32.5 Å². The lowest BCUT2D eigenvalue weighted by Crippen LogP contribution is -2.48. The van der Waals surface area contributed by atoms with Gasteiger partial charge in [-0.2, -0.15) is 0 Å². The second kappa shape index (κ2) is 6.98. The number of hydrogen-bond acceptors (Lipinski definition) is 5. The minimum absolute atomic E-state index is 0.189. The first-order valence-corrected chi connectivity index (χ1v) is 9.29. The molecule has 1 aromatic carbocycles. The molecule has 0 aliphatic carbocycles. The molecule has 2 aliphatic rings. The first-order valence-electron chi connectivity index (χ1n) is 9.29. The fourth-order valence-electron chi connectivity index (χ4n) is 3.77. The number of fused-ring (bicyclic) bond motifs is 1. The minimum atomic E-state index is -0.518. The second-order valence-corrected chi connectivity index (χ2v) is 7.20. The molecule has 7 nitrogen and oxygen atoms in total. The van der Waals surface area contributed by atoms with Crippen molar-refractivity contribution in [3.8, 4) is 0 Å². The molecule has 2 fully saturated rings. The molecule has 27 heavy (non-hydrogen) atoms. The molecular formula is C20H24N2O5. The van der Waals surface area contributed by atoms with E-state index in [0.717, 1.165) is 22.2 Å². The molecule has 3 heterocycles. The van der Waals surface area contributed by atoms with Crippen LogP contribution in [0.5, 0.6) is 0 Å². The van der Waals surface area contributed by atoms with Crippen LogP contribution in [0.15, 0.2) is 18.2 Å². The lowest BCUT2D eigenvalue weighted by Gasteiger charge is -2.37. The first kappa shape index (κ1) is 18.0. The Hall–Kier alpha value is -2.38. The first-order chi connectivity index (χ1) is 13.0. The molecule has 0 unspecified atom stereocenters. The standard InChI is InChI=1S/C20H24N2O5/c1-13-14(2)21-17-4-3-15(11-16(13)17)19(24)25-12-18(23)22-7-5-20(6-8-22)26-9-10-27-20/h3-4,11,21H,5-10,12H2,1-2H3. The zero-order chi connectivity index (χ0) is 19.0. The molecule has 4 rings (SSSR count). The smallest absolute Gasteiger partial charge is 0.338 e. The van der Waals surface area contributed by atoms with Crippen LogP contribution < -0.4 is 0 Å². The fraction of sp³-hybridized carbons (Fsp3) is 0.500. The summed E-state index contributed by atoms with van der Waals surface area (Å²) in [5.41, 5.74) is 3.61. The van der Waals surface area contributed by atoms with Gasteiger partial charge >= 0.3 is 5.97 Å². The van der Waals surface area contributed by atoms with Crippen molar-refractivity contribution in [3.05, 3.63) is 35.0 Å². The monoisotopic (exact) mass is 372 g/mol. The molecule has 2 saturated heterocycles. The number of hydrogen-bond donors (Lipinski definition) is 1. The average molecular weight is 372 g/mol. The van der Waals surface area contributed by atoms with E-state index in [1.54, 1.807) is 17.0 Å². The minimum Gasteiger partial charge on any atom is -0.452 e. The van der Waals surface area contributed by atoms with Gasteiger partial charge in [0.05, 0.1) is 18.8 Å². The molecule has 0 radical (unpaired) electrons. The molecule has 2 aliphatic heterocycles. The van der Waals surface area contributed by atoms with Crippen LogP contribution in [0.1, 0.15) is 34.5 Å². The molecule has 144 valence electrons. The van der Waals surface area contributed by atoms with Crippen LogP contribution in [0.4, 0.5) is 0 Å². The van der Waals surface area contributed by atoms with Crippen molar-refractivity contribution >= 4 is 22.8 Å². The van der Waals surface area contributed by atoms with Gasteiger partial charge in [0.25, 0.3) is 5.91 Å². The third-order valence-electron chi connectivity index (χ3n) is 5.56. The Morgan fingerprint density at radius 2 is 1.89 bits per heavy atom. The van der Waals surface area contributed by atoms with E-state index in [4.69, 9.17) is 14.2 Å². The molecule has 2 aromatic rings. The largest absolute Gasteiger partial charge is 0.452 e. The van der Waals surface area contributed by atoms with Gasteiger partial charge in [0.15, 0.2) is 12.4 Å². The van der Waals surface area contributed by atoms with Crippen LogP contribution >= 0.6 is 0 Å². The van der Waals surface area contributed by atoms with Gasteiger partial charge in [-0.05, 0) is 37.6 Å². The number of aromatic amines is 1. The van der Waals surface area contributed by atoms with Crippen LogP contribution in [0, 0.1) is 13.8 Å². The Morgan fingerprint density at radius 1 is 1.19 bits per heavy atom.